The van der Waals surface area contributed by atoms with Crippen LogP contribution in [0, 0.1) is 40.4 Å². The van der Waals surface area contributed by atoms with E-state index in [2.05, 4.69) is 45.9 Å². The van der Waals surface area contributed by atoms with Crippen LogP contribution in [0.15, 0.2) is 23.8 Å². The number of hydrogen-bond acceptors (Lipinski definition) is 0. The molecule has 21 heavy (non-hydrogen) atoms. The molecule has 0 heteroatoms. The van der Waals surface area contributed by atoms with Crippen LogP contribution in [0.2, 0.25) is 0 Å². The lowest BCUT2D eigenvalue weighted by atomic mass is 9.47. The van der Waals surface area contributed by atoms with E-state index in [9.17, 15) is 0 Å². The summed E-state index contributed by atoms with van der Waals surface area (Å²) < 4.78 is 0. The van der Waals surface area contributed by atoms with Crippen LogP contribution < -0.4 is 0 Å². The molecule has 7 unspecified atom stereocenters. The molecule has 0 spiro atoms. The molecule has 0 aromatic heterocycles. The molecule has 0 bridgehead atoms. The summed E-state index contributed by atoms with van der Waals surface area (Å²) in [5.74, 6) is 4.54. The maximum atomic E-state index is 2.62. The molecule has 0 aliphatic heterocycles. The molecule has 0 N–H and O–H groups in total. The van der Waals surface area contributed by atoms with E-state index in [1.54, 1.807) is 5.57 Å². The van der Waals surface area contributed by atoms with Crippen LogP contribution in [-0.2, 0) is 0 Å². The maximum absolute atomic E-state index is 2.62. The summed E-state index contributed by atoms with van der Waals surface area (Å²) in [6, 6.07) is 0. The molecule has 0 amide bonds. The minimum absolute atomic E-state index is 0.391. The van der Waals surface area contributed by atoms with Gasteiger partial charge in [-0.1, -0.05) is 51.5 Å². The molecule has 0 heterocycles. The Morgan fingerprint density at radius 2 is 1.81 bits per heavy atom. The van der Waals surface area contributed by atoms with Gasteiger partial charge in [0.15, 0.2) is 0 Å². The normalized spacial score (nSPS) is 55.4. The highest BCUT2D eigenvalue weighted by molar-refractivity contribution is 5.32. The van der Waals surface area contributed by atoms with Crippen molar-refractivity contribution in [3.8, 4) is 0 Å². The van der Waals surface area contributed by atoms with Crippen LogP contribution in [0.1, 0.15) is 66.2 Å². The fourth-order valence-corrected chi connectivity index (χ4v) is 6.75. The summed E-state index contributed by atoms with van der Waals surface area (Å²) in [6.07, 6.45) is 16.4. The first-order valence-corrected chi connectivity index (χ1v) is 9.35. The first kappa shape index (κ1) is 14.1. The molecule has 4 rings (SSSR count). The van der Waals surface area contributed by atoms with E-state index in [-0.39, 0.29) is 0 Å². The summed E-state index contributed by atoms with van der Waals surface area (Å²) >= 11 is 0. The second-order valence-electron chi connectivity index (χ2n) is 9.13. The Hall–Kier alpha value is -0.520. The third-order valence-electron chi connectivity index (χ3n) is 8.33. The van der Waals surface area contributed by atoms with Crippen LogP contribution in [0.3, 0.4) is 0 Å². The van der Waals surface area contributed by atoms with E-state index in [4.69, 9.17) is 0 Å². The van der Waals surface area contributed by atoms with Crippen molar-refractivity contribution >= 4 is 0 Å². The molecule has 0 aromatic rings. The number of fused-ring (bicyclic) bond motifs is 5. The molecule has 4 aliphatic rings. The number of rotatable bonds is 0. The summed E-state index contributed by atoms with van der Waals surface area (Å²) in [6.45, 7) is 10.0. The lowest BCUT2D eigenvalue weighted by molar-refractivity contribution is -0.0309. The van der Waals surface area contributed by atoms with Gasteiger partial charge in [0.2, 0.25) is 0 Å². The maximum Gasteiger partial charge on any atom is 0.00938 e. The summed E-state index contributed by atoms with van der Waals surface area (Å²) in [5.41, 5.74) is 2.82. The first-order valence-electron chi connectivity index (χ1n) is 9.35. The Labute approximate surface area is 131 Å². The summed E-state index contributed by atoms with van der Waals surface area (Å²) in [4.78, 5) is 0. The van der Waals surface area contributed by atoms with Crippen LogP contribution >= 0.6 is 0 Å². The fraction of sp³-hybridized carbons (Fsp3) is 0.810. The van der Waals surface area contributed by atoms with Crippen LogP contribution in [0.25, 0.3) is 0 Å². The van der Waals surface area contributed by atoms with E-state index in [1.165, 1.54) is 38.5 Å². The van der Waals surface area contributed by atoms with Crippen molar-refractivity contribution in [2.45, 2.75) is 66.2 Å². The zero-order valence-corrected chi connectivity index (χ0v) is 14.4. The van der Waals surface area contributed by atoms with Gasteiger partial charge in [0, 0.05) is 5.41 Å². The van der Waals surface area contributed by atoms with Gasteiger partial charge in [-0.3, -0.25) is 0 Å². The van der Waals surface area contributed by atoms with Gasteiger partial charge in [0.25, 0.3) is 0 Å². The van der Waals surface area contributed by atoms with Crippen molar-refractivity contribution < 1.29 is 0 Å². The molecule has 4 aliphatic carbocycles. The van der Waals surface area contributed by atoms with Crippen molar-refractivity contribution in [3.63, 3.8) is 0 Å². The van der Waals surface area contributed by atoms with E-state index in [0.29, 0.717) is 16.7 Å². The lowest BCUT2D eigenvalue weighted by Gasteiger charge is -2.57. The van der Waals surface area contributed by atoms with Crippen LogP contribution in [-0.4, -0.2) is 0 Å². The summed E-state index contributed by atoms with van der Waals surface area (Å²) in [7, 11) is 0. The standard InChI is InChI=1S/C21H32/c1-14-9-11-21(4)16(13-14)6-7-17-18-8-5-15(2)20(18,3)12-10-19(17)21/h9,11,13-15,17-19H,5-8,10,12H2,1-4H3. The van der Waals surface area contributed by atoms with Gasteiger partial charge in [0.05, 0.1) is 0 Å². The van der Waals surface area contributed by atoms with Crippen LogP contribution in [0.4, 0.5) is 0 Å². The number of hydrogen-bond donors (Lipinski definition) is 0. The highest BCUT2D eigenvalue weighted by Crippen LogP contribution is 2.65. The lowest BCUT2D eigenvalue weighted by Crippen LogP contribution is -2.49. The van der Waals surface area contributed by atoms with E-state index >= 15 is 0 Å². The topological polar surface area (TPSA) is 0 Å². The molecular weight excluding hydrogens is 252 g/mol. The second kappa shape index (κ2) is 4.49. The third kappa shape index (κ3) is 1.80. The first-order chi connectivity index (χ1) is 9.95. The van der Waals surface area contributed by atoms with Gasteiger partial charge in [-0.15, -0.1) is 0 Å². The fourth-order valence-electron chi connectivity index (χ4n) is 6.75. The Morgan fingerprint density at radius 3 is 2.62 bits per heavy atom. The van der Waals surface area contributed by atoms with Gasteiger partial charge in [-0.25, -0.2) is 0 Å². The predicted molar refractivity (Wildman–Crippen MR) is 89.9 cm³/mol. The molecule has 0 saturated heterocycles. The van der Waals surface area contributed by atoms with Crippen molar-refractivity contribution in [2.75, 3.05) is 0 Å². The molecule has 0 aromatic carbocycles. The second-order valence-corrected chi connectivity index (χ2v) is 9.13. The van der Waals surface area contributed by atoms with Crippen molar-refractivity contribution in [1.82, 2.24) is 0 Å². The molecule has 0 radical (unpaired) electrons. The highest BCUT2D eigenvalue weighted by atomic mass is 14.6. The Kier molecular flexibility index (Phi) is 3.02. The van der Waals surface area contributed by atoms with E-state index in [0.717, 1.165) is 23.7 Å². The molecule has 0 nitrogen and oxygen atoms in total. The average molecular weight is 284 g/mol. The van der Waals surface area contributed by atoms with E-state index < -0.39 is 0 Å². The Morgan fingerprint density at radius 1 is 1.00 bits per heavy atom. The van der Waals surface area contributed by atoms with Gasteiger partial charge in [-0.2, -0.15) is 0 Å². The largest absolute Gasteiger partial charge is 0.0810 e. The monoisotopic (exact) mass is 284 g/mol. The minimum Gasteiger partial charge on any atom is -0.0810 e. The molecule has 7 atom stereocenters. The zero-order chi connectivity index (χ0) is 14.8. The quantitative estimate of drug-likeness (QED) is 0.479. The van der Waals surface area contributed by atoms with Crippen molar-refractivity contribution in [1.29, 1.82) is 0 Å². The molecular formula is C21H32. The predicted octanol–water partition coefficient (Wildman–Crippen LogP) is 6.00. The summed E-state index contributed by atoms with van der Waals surface area (Å²) in [5, 5.41) is 0. The SMILES string of the molecule is CC1C=CC2(C)C(=C1)CCC1C2CCC2(C)C(C)CCC12. The highest BCUT2D eigenvalue weighted by Gasteiger charge is 2.57. The molecule has 116 valence electrons. The third-order valence-corrected chi connectivity index (χ3v) is 8.33. The number of allylic oxidation sites excluding steroid dienone is 4. The Bertz CT molecular complexity index is 498. The van der Waals surface area contributed by atoms with Crippen LogP contribution in [0.5, 0.6) is 0 Å². The van der Waals surface area contributed by atoms with Gasteiger partial charge in [0.1, 0.15) is 0 Å². The Balaban J connectivity index is 1.69. The van der Waals surface area contributed by atoms with Crippen molar-refractivity contribution in [2.24, 2.45) is 40.4 Å². The smallest absolute Gasteiger partial charge is 0.00938 e. The van der Waals surface area contributed by atoms with Crippen molar-refractivity contribution in [3.05, 3.63) is 23.8 Å². The zero-order valence-electron chi connectivity index (χ0n) is 14.4. The molecule has 3 fully saturated rings. The van der Waals surface area contributed by atoms with Gasteiger partial charge < -0.3 is 0 Å². The minimum atomic E-state index is 0.391. The average Bonchev–Trinajstić information content (AvgIpc) is 2.76. The van der Waals surface area contributed by atoms with E-state index in [1.807, 2.05) is 0 Å². The van der Waals surface area contributed by atoms with Gasteiger partial charge in [-0.05, 0) is 73.5 Å². The molecule has 3 saturated carbocycles. The van der Waals surface area contributed by atoms with Gasteiger partial charge >= 0.3 is 0 Å².